The maximum atomic E-state index is 13.1. The highest BCUT2D eigenvalue weighted by molar-refractivity contribution is 5.95. The first-order chi connectivity index (χ1) is 14.0. The average Bonchev–Trinajstić information content (AvgIpc) is 3.16. The molecule has 4 rings (SSSR count). The van der Waals surface area contributed by atoms with Gasteiger partial charge in [0, 0.05) is 20.3 Å². The standard InChI is InChI=1S/C22H21N3O4/c1-23-17-13-25(16-7-5-6-8-18(16)29-4)20(14-9-11-15(28-3)12-10-14)19(17)21(26)24(2)22(23)27/h5-13H,1-4H3. The zero-order valence-electron chi connectivity index (χ0n) is 16.7. The van der Waals surface area contributed by atoms with Crippen molar-refractivity contribution in [3.05, 3.63) is 75.6 Å². The molecule has 0 aliphatic rings. The van der Waals surface area contributed by atoms with Crippen molar-refractivity contribution in [2.24, 2.45) is 14.1 Å². The summed E-state index contributed by atoms with van der Waals surface area (Å²) in [6.45, 7) is 0. The topological polar surface area (TPSA) is 67.4 Å². The zero-order chi connectivity index (χ0) is 20.7. The monoisotopic (exact) mass is 391 g/mol. The Bertz CT molecular complexity index is 1330. The summed E-state index contributed by atoms with van der Waals surface area (Å²) >= 11 is 0. The normalized spacial score (nSPS) is 11.0. The molecule has 29 heavy (non-hydrogen) atoms. The number of nitrogens with zero attached hydrogens (tertiary/aromatic N) is 3. The van der Waals surface area contributed by atoms with Crippen molar-refractivity contribution in [2.45, 2.75) is 0 Å². The first-order valence-corrected chi connectivity index (χ1v) is 9.06. The number of fused-ring (bicyclic) bond motifs is 1. The molecule has 0 N–H and O–H groups in total. The van der Waals surface area contributed by atoms with Crippen molar-refractivity contribution >= 4 is 10.9 Å². The summed E-state index contributed by atoms with van der Waals surface area (Å²) in [6, 6.07) is 15.0. The molecule has 2 aromatic heterocycles. The van der Waals surface area contributed by atoms with Gasteiger partial charge < -0.3 is 14.0 Å². The van der Waals surface area contributed by atoms with E-state index in [0.717, 1.165) is 15.8 Å². The SMILES string of the molecule is COc1ccc(-c2c3c(=O)n(C)c(=O)n(C)c3cn2-c2ccccc2OC)cc1. The van der Waals surface area contributed by atoms with Gasteiger partial charge in [0.2, 0.25) is 0 Å². The molecule has 7 heteroatoms. The highest BCUT2D eigenvalue weighted by Crippen LogP contribution is 2.34. The van der Waals surface area contributed by atoms with Gasteiger partial charge in [0.1, 0.15) is 11.5 Å². The van der Waals surface area contributed by atoms with Crippen LogP contribution in [0.2, 0.25) is 0 Å². The molecule has 0 spiro atoms. The van der Waals surface area contributed by atoms with Gasteiger partial charge in [-0.1, -0.05) is 12.1 Å². The average molecular weight is 391 g/mol. The van der Waals surface area contributed by atoms with Crippen molar-refractivity contribution in [3.63, 3.8) is 0 Å². The van der Waals surface area contributed by atoms with E-state index in [1.165, 1.54) is 11.6 Å². The number of ether oxygens (including phenoxy) is 2. The first kappa shape index (κ1) is 18.6. The minimum Gasteiger partial charge on any atom is -0.497 e. The summed E-state index contributed by atoms with van der Waals surface area (Å²) in [7, 11) is 6.36. The summed E-state index contributed by atoms with van der Waals surface area (Å²) in [4.78, 5) is 25.6. The molecule has 148 valence electrons. The highest BCUT2D eigenvalue weighted by atomic mass is 16.5. The van der Waals surface area contributed by atoms with Crippen LogP contribution in [0.5, 0.6) is 11.5 Å². The fourth-order valence-electron chi connectivity index (χ4n) is 3.59. The second-order valence-electron chi connectivity index (χ2n) is 6.71. The molecule has 2 heterocycles. The molecule has 0 aliphatic heterocycles. The van der Waals surface area contributed by atoms with Crippen molar-refractivity contribution in [1.82, 2.24) is 13.7 Å². The minimum atomic E-state index is -0.374. The Morgan fingerprint density at radius 2 is 1.52 bits per heavy atom. The number of para-hydroxylation sites is 2. The number of hydrogen-bond acceptors (Lipinski definition) is 4. The number of hydrogen-bond donors (Lipinski definition) is 0. The van der Waals surface area contributed by atoms with Gasteiger partial charge in [-0.25, -0.2) is 4.79 Å². The second-order valence-corrected chi connectivity index (χ2v) is 6.71. The van der Waals surface area contributed by atoms with E-state index in [0.29, 0.717) is 28.1 Å². The Morgan fingerprint density at radius 1 is 0.828 bits per heavy atom. The molecule has 0 fully saturated rings. The number of methoxy groups -OCH3 is 2. The van der Waals surface area contributed by atoms with Gasteiger partial charge in [0.25, 0.3) is 5.56 Å². The molecule has 0 aliphatic carbocycles. The molecular formula is C22H21N3O4. The van der Waals surface area contributed by atoms with Gasteiger partial charge in [-0.05, 0) is 42.0 Å². The van der Waals surface area contributed by atoms with Crippen LogP contribution in [0.1, 0.15) is 0 Å². The van der Waals surface area contributed by atoms with Gasteiger partial charge in [-0.15, -0.1) is 0 Å². The van der Waals surface area contributed by atoms with Crippen molar-refractivity contribution < 1.29 is 9.47 Å². The van der Waals surface area contributed by atoms with E-state index in [1.54, 1.807) is 27.5 Å². The van der Waals surface area contributed by atoms with Crippen LogP contribution in [0.15, 0.2) is 64.3 Å². The third-order valence-corrected chi connectivity index (χ3v) is 5.15. The third-order valence-electron chi connectivity index (χ3n) is 5.15. The number of rotatable bonds is 4. The van der Waals surface area contributed by atoms with Gasteiger partial charge in [-0.2, -0.15) is 0 Å². The second kappa shape index (κ2) is 7.01. The maximum absolute atomic E-state index is 13.1. The van der Waals surface area contributed by atoms with Crippen molar-refractivity contribution in [3.8, 4) is 28.4 Å². The Kier molecular flexibility index (Phi) is 4.50. The lowest BCUT2D eigenvalue weighted by Gasteiger charge is -2.13. The molecular weight excluding hydrogens is 370 g/mol. The van der Waals surface area contributed by atoms with Crippen LogP contribution in [0.3, 0.4) is 0 Å². The predicted molar refractivity (Wildman–Crippen MR) is 112 cm³/mol. The molecule has 0 atom stereocenters. The van der Waals surface area contributed by atoms with Crippen LogP contribution in [0.4, 0.5) is 0 Å². The summed E-state index contributed by atoms with van der Waals surface area (Å²) in [5, 5.41) is 0.464. The smallest absolute Gasteiger partial charge is 0.330 e. The van der Waals surface area contributed by atoms with Crippen molar-refractivity contribution in [2.75, 3.05) is 14.2 Å². The van der Waals surface area contributed by atoms with E-state index < -0.39 is 0 Å². The lowest BCUT2D eigenvalue weighted by Crippen LogP contribution is -2.36. The Balaban J connectivity index is 2.18. The lowest BCUT2D eigenvalue weighted by molar-refractivity contribution is 0.413. The van der Waals surface area contributed by atoms with E-state index in [2.05, 4.69) is 0 Å². The number of aryl methyl sites for hydroxylation is 1. The van der Waals surface area contributed by atoms with E-state index in [9.17, 15) is 9.59 Å². The van der Waals surface area contributed by atoms with Crippen molar-refractivity contribution in [1.29, 1.82) is 0 Å². The summed E-state index contributed by atoms with van der Waals surface area (Å²) < 4.78 is 15.3. The number of aromatic nitrogens is 3. The van der Waals surface area contributed by atoms with Gasteiger partial charge in [0.15, 0.2) is 0 Å². The van der Waals surface area contributed by atoms with Crippen LogP contribution in [-0.4, -0.2) is 27.9 Å². The molecule has 0 unspecified atom stereocenters. The van der Waals surface area contributed by atoms with Gasteiger partial charge in [-0.3, -0.25) is 13.9 Å². The molecule has 4 aromatic rings. The first-order valence-electron chi connectivity index (χ1n) is 9.06. The van der Waals surface area contributed by atoms with Crippen LogP contribution in [0, 0.1) is 0 Å². The lowest BCUT2D eigenvalue weighted by atomic mass is 10.1. The molecule has 2 aromatic carbocycles. The number of benzene rings is 2. The van der Waals surface area contributed by atoms with Gasteiger partial charge >= 0.3 is 5.69 Å². The van der Waals surface area contributed by atoms with Crippen LogP contribution >= 0.6 is 0 Å². The fourth-order valence-corrected chi connectivity index (χ4v) is 3.59. The Morgan fingerprint density at radius 3 is 2.17 bits per heavy atom. The van der Waals surface area contributed by atoms with Crippen LogP contribution in [-0.2, 0) is 14.1 Å². The van der Waals surface area contributed by atoms with E-state index in [-0.39, 0.29) is 11.2 Å². The largest absolute Gasteiger partial charge is 0.497 e. The molecule has 0 saturated carbocycles. The summed E-state index contributed by atoms with van der Waals surface area (Å²) in [5.41, 5.74) is 2.11. The summed E-state index contributed by atoms with van der Waals surface area (Å²) in [5.74, 6) is 1.37. The molecule has 0 saturated heterocycles. The van der Waals surface area contributed by atoms with E-state index in [4.69, 9.17) is 9.47 Å². The van der Waals surface area contributed by atoms with E-state index >= 15 is 0 Å². The molecule has 0 amide bonds. The van der Waals surface area contributed by atoms with E-state index in [1.807, 2.05) is 53.1 Å². The van der Waals surface area contributed by atoms with Crippen LogP contribution in [0.25, 0.3) is 27.8 Å². The molecule has 0 bridgehead atoms. The summed E-state index contributed by atoms with van der Waals surface area (Å²) in [6.07, 6.45) is 1.80. The fraction of sp³-hybridized carbons (Fsp3) is 0.182. The Hall–Kier alpha value is -3.74. The minimum absolute atomic E-state index is 0.345. The molecule has 0 radical (unpaired) electrons. The quantitative estimate of drug-likeness (QED) is 0.537. The Labute approximate surface area is 167 Å². The zero-order valence-corrected chi connectivity index (χ0v) is 16.7. The van der Waals surface area contributed by atoms with Gasteiger partial charge in [0.05, 0.1) is 36.5 Å². The van der Waals surface area contributed by atoms with Crippen LogP contribution < -0.4 is 20.7 Å². The third kappa shape index (κ3) is 2.82. The maximum Gasteiger partial charge on any atom is 0.330 e. The molecule has 7 nitrogen and oxygen atoms in total. The highest BCUT2D eigenvalue weighted by Gasteiger charge is 2.21. The predicted octanol–water partition coefficient (Wildman–Crippen LogP) is 2.71.